The topological polar surface area (TPSA) is 0 Å². The third-order valence-electron chi connectivity index (χ3n) is 2.10. The summed E-state index contributed by atoms with van der Waals surface area (Å²) in [5.74, 6) is 0. The van der Waals surface area contributed by atoms with Gasteiger partial charge in [-0.05, 0) is 0 Å². The van der Waals surface area contributed by atoms with Gasteiger partial charge in [0.2, 0.25) is 0 Å². The van der Waals surface area contributed by atoms with Crippen LogP contribution in [0, 0.1) is 0 Å². The minimum absolute atomic E-state index is 0. The van der Waals surface area contributed by atoms with Gasteiger partial charge >= 0.3 is 45.4 Å². The van der Waals surface area contributed by atoms with Crippen molar-refractivity contribution in [2.75, 3.05) is 0 Å². The molecule has 3 aromatic carbocycles. The first-order chi connectivity index (χ1) is 8.70. The Kier molecular flexibility index (Phi) is 15.8. The SMILES string of the molecule is C[Si](Cl)=[Hf+2].[Cl-].[Cl-].c1cc[cH-]c1.c1ccc2[cH-]ccc2c1. The second-order valence-corrected chi connectivity index (χ2v) is 17.9. The van der Waals surface area contributed by atoms with E-state index in [9.17, 15) is 0 Å². The molecule has 3 rings (SSSR count). The van der Waals surface area contributed by atoms with Crippen LogP contribution >= 0.6 is 11.1 Å². The van der Waals surface area contributed by atoms with Gasteiger partial charge in [0.05, 0.1) is 0 Å². The van der Waals surface area contributed by atoms with Gasteiger partial charge < -0.3 is 24.8 Å². The van der Waals surface area contributed by atoms with Gasteiger partial charge in [-0.25, -0.2) is 12.1 Å². The van der Waals surface area contributed by atoms with Crippen molar-refractivity contribution < 1.29 is 47.8 Å². The van der Waals surface area contributed by atoms with Gasteiger partial charge in [0.15, 0.2) is 0 Å². The summed E-state index contributed by atoms with van der Waals surface area (Å²) in [4.78, 5) is -0.269. The van der Waals surface area contributed by atoms with Crippen LogP contribution < -0.4 is 24.8 Å². The molecule has 0 spiro atoms. The second-order valence-electron chi connectivity index (χ2n) is 3.65. The Hall–Kier alpha value is 0.137. The summed E-state index contributed by atoms with van der Waals surface area (Å²) in [6.07, 6.45) is 0. The van der Waals surface area contributed by atoms with Gasteiger partial charge in [0.1, 0.15) is 0 Å². The molecule has 3 aromatic rings. The Morgan fingerprint density at radius 2 is 1.50 bits per heavy atom. The summed E-state index contributed by atoms with van der Waals surface area (Å²) in [6.45, 7) is 2.10. The molecule has 0 amide bonds. The van der Waals surface area contributed by atoms with Gasteiger partial charge in [0.25, 0.3) is 0 Å². The molecule has 0 unspecified atom stereocenters. The fraction of sp³-hybridized carbons (Fsp3) is 0.0667. The van der Waals surface area contributed by atoms with Gasteiger partial charge in [-0.1, -0.05) is 6.07 Å². The molecular formula is C15H15Cl3HfSi-2. The molecule has 0 aromatic heterocycles. The number of fused-ring (bicyclic) bond motifs is 1. The number of benzene rings is 1. The number of rotatable bonds is 0. The zero-order chi connectivity index (χ0) is 13.2. The molecule has 0 radical (unpaired) electrons. The van der Waals surface area contributed by atoms with Gasteiger partial charge in [-0.2, -0.15) is 35.7 Å². The van der Waals surface area contributed by atoms with E-state index in [0.29, 0.717) is 0 Å². The summed E-state index contributed by atoms with van der Waals surface area (Å²) in [6, 6.07) is 24.7. The average molecular weight is 508 g/mol. The van der Waals surface area contributed by atoms with Crippen LogP contribution in [0.1, 0.15) is 0 Å². The molecule has 0 saturated heterocycles. The smallest absolute Gasteiger partial charge is 0.0809 e. The van der Waals surface area contributed by atoms with Crippen LogP contribution in [-0.2, 0) is 23.0 Å². The summed E-state index contributed by atoms with van der Waals surface area (Å²) in [5, 5.41) is 2.66. The van der Waals surface area contributed by atoms with E-state index in [4.69, 9.17) is 11.1 Å². The Morgan fingerprint density at radius 3 is 1.95 bits per heavy atom. The fourth-order valence-electron chi connectivity index (χ4n) is 1.39. The van der Waals surface area contributed by atoms with Gasteiger partial charge in [0, 0.05) is 0 Å². The van der Waals surface area contributed by atoms with Gasteiger partial charge in [-0.3, -0.25) is 0 Å². The Labute approximate surface area is 152 Å². The molecule has 0 aliphatic rings. The number of hydrogen-bond acceptors (Lipinski definition) is 0. The van der Waals surface area contributed by atoms with Crippen molar-refractivity contribution in [2.45, 2.75) is 6.55 Å². The maximum atomic E-state index is 5.44. The first kappa shape index (κ1) is 22.4. The minimum Gasteiger partial charge on any atom is -1.00 e. The van der Waals surface area contributed by atoms with Crippen LogP contribution in [0.5, 0.6) is 0 Å². The summed E-state index contributed by atoms with van der Waals surface area (Å²) in [5.41, 5.74) is 0. The monoisotopic (exact) mass is 508 g/mol. The van der Waals surface area contributed by atoms with Crippen molar-refractivity contribution in [3.05, 3.63) is 72.8 Å². The Bertz CT molecular complexity index is 510. The van der Waals surface area contributed by atoms with Crippen LogP contribution in [0.3, 0.4) is 0 Å². The predicted octanol–water partition coefficient (Wildman–Crippen LogP) is -1.14. The van der Waals surface area contributed by atoms with E-state index in [1.54, 1.807) is 0 Å². The molecule has 0 bridgehead atoms. The predicted molar refractivity (Wildman–Crippen MR) is 79.0 cm³/mol. The fourth-order valence-corrected chi connectivity index (χ4v) is 1.39. The average Bonchev–Trinajstić information content (AvgIpc) is 3.03. The molecular weight excluding hydrogens is 493 g/mol. The standard InChI is InChI=1S/C9H7.C5H5.CH3ClSi.2ClH.Hf/c1-2-5-9-7-3-6-8(9)4-1;1-2-4-5-3-1;1-3-2;;;/h1-7H;1-5H;1H3;2*1H;/q2*-1;;;;+2/p-2. The maximum absolute atomic E-state index is 5.44. The van der Waals surface area contributed by atoms with Gasteiger partial charge in [-0.15, -0.1) is 29.7 Å². The molecule has 0 fully saturated rings. The minimum atomic E-state index is -0.269. The third kappa shape index (κ3) is 10.9. The van der Waals surface area contributed by atoms with E-state index in [-0.39, 0.29) is 29.6 Å². The van der Waals surface area contributed by atoms with Crippen molar-refractivity contribution in [1.29, 1.82) is 0 Å². The van der Waals surface area contributed by atoms with Crippen LogP contribution in [0.25, 0.3) is 10.8 Å². The van der Waals surface area contributed by atoms with Crippen LogP contribution in [-0.4, -0.2) is 4.80 Å². The number of halogens is 3. The van der Waals surface area contributed by atoms with Crippen LogP contribution in [0.4, 0.5) is 0 Å². The van der Waals surface area contributed by atoms with Crippen molar-refractivity contribution in [1.82, 2.24) is 0 Å². The Balaban J connectivity index is 0. The molecule has 0 aliphatic heterocycles. The molecule has 0 saturated carbocycles. The largest absolute Gasteiger partial charge is 1.00 e. The summed E-state index contributed by atoms with van der Waals surface area (Å²) >= 11 is 6.65. The zero-order valence-corrected chi connectivity index (χ0v) is 17.9. The van der Waals surface area contributed by atoms with E-state index in [1.165, 1.54) is 33.8 Å². The molecule has 0 atom stereocenters. The van der Waals surface area contributed by atoms with Crippen molar-refractivity contribution in [3.8, 4) is 0 Å². The second kappa shape index (κ2) is 14.1. The summed E-state index contributed by atoms with van der Waals surface area (Å²) in [7, 11) is 0. The van der Waals surface area contributed by atoms with E-state index < -0.39 is 0 Å². The third-order valence-corrected chi connectivity index (χ3v) is 2.10. The zero-order valence-electron chi connectivity index (χ0n) is 11.1. The van der Waals surface area contributed by atoms with Crippen molar-refractivity contribution in [3.63, 3.8) is 0 Å². The van der Waals surface area contributed by atoms with Crippen LogP contribution in [0.2, 0.25) is 6.55 Å². The molecule has 0 N–H and O–H groups in total. The normalized spacial score (nSPS) is 8.00. The summed E-state index contributed by atoms with van der Waals surface area (Å²) < 4.78 is 0. The van der Waals surface area contributed by atoms with Crippen LogP contribution in [0.15, 0.2) is 72.8 Å². The molecule has 106 valence electrons. The molecule has 20 heavy (non-hydrogen) atoms. The maximum Gasteiger partial charge on any atom is -0.0809 e. The molecule has 0 aliphatic carbocycles. The van der Waals surface area contributed by atoms with Crippen molar-refractivity contribution in [2.24, 2.45) is 0 Å². The van der Waals surface area contributed by atoms with E-state index in [2.05, 4.69) is 49.0 Å². The molecule has 5 heteroatoms. The van der Waals surface area contributed by atoms with E-state index in [1.807, 2.05) is 30.3 Å². The van der Waals surface area contributed by atoms with Crippen molar-refractivity contribution >= 4 is 26.7 Å². The van der Waals surface area contributed by atoms with E-state index in [0.717, 1.165) is 0 Å². The molecule has 0 nitrogen and oxygen atoms in total. The Morgan fingerprint density at radius 1 is 0.950 bits per heavy atom. The van der Waals surface area contributed by atoms with E-state index >= 15 is 0 Å². The first-order valence-electron chi connectivity index (χ1n) is 5.68. The number of hydrogen-bond donors (Lipinski definition) is 0. The first-order valence-corrected chi connectivity index (χ1v) is 14.1. The quantitative estimate of drug-likeness (QED) is 0.205. The molecule has 0 heterocycles.